The molecule has 1 aromatic carbocycles. The molecular formula is C26H24F2N6O2. The van der Waals surface area contributed by atoms with Gasteiger partial charge in [-0.15, -0.1) is 0 Å². The number of nitrogens with one attached hydrogen (secondary N) is 2. The lowest BCUT2D eigenvalue weighted by molar-refractivity contribution is 0.0935. The van der Waals surface area contributed by atoms with Gasteiger partial charge in [-0.2, -0.15) is 5.10 Å². The number of fused-ring (bicyclic) bond motifs is 2. The molecule has 0 radical (unpaired) electrons. The Labute approximate surface area is 205 Å². The minimum atomic E-state index is -1.01. The highest BCUT2D eigenvalue weighted by Crippen LogP contribution is 2.36. The second-order valence-electron chi connectivity index (χ2n) is 9.19. The van der Waals surface area contributed by atoms with E-state index in [1.54, 1.807) is 47.0 Å². The first-order valence-corrected chi connectivity index (χ1v) is 11.8. The fourth-order valence-electron chi connectivity index (χ4n) is 4.72. The van der Waals surface area contributed by atoms with Crippen LogP contribution in [0.1, 0.15) is 58.2 Å². The van der Waals surface area contributed by atoms with Gasteiger partial charge in [-0.25, -0.2) is 13.8 Å². The Bertz CT molecular complexity index is 1520. The quantitative estimate of drug-likeness (QED) is 0.405. The van der Waals surface area contributed by atoms with Gasteiger partial charge in [-0.1, -0.05) is 12.0 Å². The first-order chi connectivity index (χ1) is 17.5. The lowest BCUT2D eigenvalue weighted by Gasteiger charge is -2.17. The predicted molar refractivity (Wildman–Crippen MR) is 128 cm³/mol. The normalized spacial score (nSPS) is 17.6. The number of carbonyl (C=O) groups excluding carboxylic acids is 1. The summed E-state index contributed by atoms with van der Waals surface area (Å²) in [6.45, 7) is 0.497. The summed E-state index contributed by atoms with van der Waals surface area (Å²) in [4.78, 5) is 21.2. The average molecular weight is 491 g/mol. The van der Waals surface area contributed by atoms with Crippen LogP contribution in [0.4, 0.5) is 8.78 Å². The maximum atomic E-state index is 14.4. The first-order valence-electron chi connectivity index (χ1n) is 11.8. The Morgan fingerprint density at radius 1 is 1.36 bits per heavy atom. The minimum absolute atomic E-state index is 0.200. The molecule has 36 heavy (non-hydrogen) atoms. The second kappa shape index (κ2) is 8.91. The van der Waals surface area contributed by atoms with Crippen molar-refractivity contribution in [2.24, 2.45) is 0 Å². The molecular weight excluding hydrogens is 466 g/mol. The van der Waals surface area contributed by atoms with Gasteiger partial charge >= 0.3 is 0 Å². The van der Waals surface area contributed by atoms with E-state index < -0.39 is 18.1 Å². The van der Waals surface area contributed by atoms with Crippen LogP contribution in [0.2, 0.25) is 0 Å². The van der Waals surface area contributed by atoms with Crippen LogP contribution in [-0.2, 0) is 17.7 Å². The molecule has 1 aliphatic heterocycles. The lowest BCUT2D eigenvalue weighted by Crippen LogP contribution is -2.31. The smallest absolute Gasteiger partial charge is 0.272 e. The number of nitrogens with zero attached hydrogens (tertiary/aromatic N) is 4. The van der Waals surface area contributed by atoms with Gasteiger partial charge in [0.05, 0.1) is 24.6 Å². The third-order valence-corrected chi connectivity index (χ3v) is 6.57. The van der Waals surface area contributed by atoms with E-state index in [1.165, 1.54) is 6.07 Å². The van der Waals surface area contributed by atoms with Crippen LogP contribution >= 0.6 is 0 Å². The highest BCUT2D eigenvalue weighted by Gasteiger charge is 2.33. The van der Waals surface area contributed by atoms with Crippen molar-refractivity contribution >= 4 is 16.8 Å². The molecule has 8 nitrogen and oxygen atoms in total. The number of benzene rings is 1. The van der Waals surface area contributed by atoms with Crippen molar-refractivity contribution in [3.8, 4) is 11.8 Å². The number of rotatable bonds is 6. The molecule has 4 heterocycles. The minimum Gasteiger partial charge on any atom is -0.372 e. The zero-order valence-corrected chi connectivity index (χ0v) is 19.6. The number of hydrogen-bond acceptors (Lipinski definition) is 4. The molecule has 184 valence electrons. The van der Waals surface area contributed by atoms with E-state index in [9.17, 15) is 13.6 Å². The van der Waals surface area contributed by atoms with E-state index in [0.717, 1.165) is 12.8 Å². The van der Waals surface area contributed by atoms with Gasteiger partial charge in [0.15, 0.2) is 5.69 Å². The Balaban J connectivity index is 1.37. The predicted octanol–water partition coefficient (Wildman–Crippen LogP) is 3.45. The molecule has 1 saturated carbocycles. The fourth-order valence-corrected chi connectivity index (χ4v) is 4.72. The van der Waals surface area contributed by atoms with E-state index in [0.29, 0.717) is 33.7 Å². The molecule has 0 saturated heterocycles. The molecule has 6 rings (SSSR count). The lowest BCUT2D eigenvalue weighted by atomic mass is 10.1. The summed E-state index contributed by atoms with van der Waals surface area (Å²) in [7, 11) is 1.57. The van der Waals surface area contributed by atoms with Gasteiger partial charge < -0.3 is 19.6 Å². The highest BCUT2D eigenvalue weighted by atomic mass is 19.1. The number of amides is 1. The van der Waals surface area contributed by atoms with E-state index in [2.05, 4.69) is 32.2 Å². The molecule has 2 N–H and O–H groups in total. The van der Waals surface area contributed by atoms with Crippen molar-refractivity contribution in [3.05, 3.63) is 70.9 Å². The van der Waals surface area contributed by atoms with Crippen LogP contribution in [0.15, 0.2) is 36.7 Å². The summed E-state index contributed by atoms with van der Waals surface area (Å²) in [5.41, 5.74) is 3.24. The van der Waals surface area contributed by atoms with Gasteiger partial charge in [0.1, 0.15) is 30.3 Å². The van der Waals surface area contributed by atoms with Crippen LogP contribution in [0.5, 0.6) is 0 Å². The Morgan fingerprint density at radius 2 is 2.22 bits per heavy atom. The summed E-state index contributed by atoms with van der Waals surface area (Å²) in [5.74, 6) is 5.14. The van der Waals surface area contributed by atoms with Crippen molar-refractivity contribution in [2.75, 3.05) is 13.7 Å². The molecule has 0 spiro atoms. The van der Waals surface area contributed by atoms with Gasteiger partial charge in [-0.3, -0.25) is 9.48 Å². The number of carbonyl (C=O) groups is 1. The number of ether oxygens (including phenoxy) is 1. The van der Waals surface area contributed by atoms with Crippen LogP contribution in [-0.4, -0.2) is 50.1 Å². The maximum Gasteiger partial charge on any atom is 0.272 e. The number of halogens is 2. The molecule has 1 fully saturated rings. The fraction of sp³-hybridized carbons (Fsp3) is 0.346. The number of imidazole rings is 1. The zero-order chi connectivity index (χ0) is 24.8. The van der Waals surface area contributed by atoms with E-state index >= 15 is 0 Å². The number of hydrogen-bond donors (Lipinski definition) is 2. The third kappa shape index (κ3) is 4.05. The van der Waals surface area contributed by atoms with Crippen molar-refractivity contribution in [3.63, 3.8) is 0 Å². The van der Waals surface area contributed by atoms with Gasteiger partial charge in [0.25, 0.3) is 5.91 Å². The second-order valence-corrected chi connectivity index (χ2v) is 9.19. The third-order valence-electron chi connectivity index (χ3n) is 6.57. The largest absolute Gasteiger partial charge is 0.372 e. The van der Waals surface area contributed by atoms with Gasteiger partial charge in [-0.05, 0) is 37.0 Å². The highest BCUT2D eigenvalue weighted by molar-refractivity contribution is 5.93. The Morgan fingerprint density at radius 3 is 3.00 bits per heavy atom. The van der Waals surface area contributed by atoms with E-state index in [-0.39, 0.29) is 37.1 Å². The topological polar surface area (TPSA) is 89.8 Å². The molecule has 2 atom stereocenters. The molecule has 2 aliphatic rings. The zero-order valence-electron chi connectivity index (χ0n) is 19.6. The summed E-state index contributed by atoms with van der Waals surface area (Å²) in [6.07, 6.45) is 2.73. The molecule has 0 bridgehead atoms. The van der Waals surface area contributed by atoms with Crippen LogP contribution in [0.3, 0.4) is 0 Å². The van der Waals surface area contributed by atoms with Crippen molar-refractivity contribution in [1.82, 2.24) is 29.6 Å². The molecule has 10 heteroatoms. The van der Waals surface area contributed by atoms with Crippen molar-refractivity contribution in [2.45, 2.75) is 44.1 Å². The van der Waals surface area contributed by atoms with Crippen LogP contribution < -0.4 is 5.32 Å². The summed E-state index contributed by atoms with van der Waals surface area (Å²) >= 11 is 0. The number of methoxy groups -OCH3 is 1. The van der Waals surface area contributed by atoms with Gasteiger partial charge in [0, 0.05) is 41.9 Å². The molecule has 1 unspecified atom stereocenters. The van der Waals surface area contributed by atoms with Crippen molar-refractivity contribution < 1.29 is 18.3 Å². The number of aromatic amines is 1. The average Bonchev–Trinajstić information content (AvgIpc) is 3.18. The monoisotopic (exact) mass is 490 g/mol. The molecule has 4 aromatic rings. The summed E-state index contributed by atoms with van der Waals surface area (Å²) in [5, 5.41) is 7.93. The SMILES string of the molecule is COCC#Cc1cc(C(=O)NC(c2cc3c(F)cccc3[nH]2)c2ncn3c2C[C@@H](F)C3)nn1C1CC1. The maximum absolute atomic E-state index is 14.4. The number of alkyl halides is 1. The standard InChI is InChI=1S/C26H24F2N6O2/c1-36-9-3-4-17-11-22(32-34(17)16-7-8-16)26(35)31-24(25-23-10-15(27)13-33(23)14-29-25)21-12-18-19(28)5-2-6-20(18)30-21/h2,5-6,11-12,14-16,24,30H,7-10,13H2,1H3,(H,31,35)/t15-,24?/m1/s1. The molecule has 1 aliphatic carbocycles. The number of H-pyrrole nitrogens is 1. The Kier molecular flexibility index (Phi) is 5.57. The van der Waals surface area contributed by atoms with Gasteiger partial charge in [0.2, 0.25) is 0 Å². The van der Waals surface area contributed by atoms with E-state index in [4.69, 9.17) is 4.74 Å². The molecule has 3 aromatic heterocycles. The van der Waals surface area contributed by atoms with Crippen molar-refractivity contribution in [1.29, 1.82) is 0 Å². The Hall–Kier alpha value is -3.97. The first kappa shape index (κ1) is 22.5. The summed E-state index contributed by atoms with van der Waals surface area (Å²) in [6, 6.07) is 7.55. The van der Waals surface area contributed by atoms with Crippen LogP contribution in [0.25, 0.3) is 10.9 Å². The van der Waals surface area contributed by atoms with E-state index in [1.807, 2.05) is 0 Å². The number of aromatic nitrogens is 5. The molecule has 1 amide bonds. The van der Waals surface area contributed by atoms with Crippen LogP contribution in [0, 0.1) is 17.7 Å². The summed E-state index contributed by atoms with van der Waals surface area (Å²) < 4.78 is 37.2.